The van der Waals surface area contributed by atoms with Crippen molar-refractivity contribution in [2.24, 2.45) is 11.7 Å². The number of aryl methyl sites for hydroxylation is 2. The fourth-order valence-corrected chi connectivity index (χ4v) is 4.48. The molecule has 0 aliphatic heterocycles. The van der Waals surface area contributed by atoms with E-state index in [2.05, 4.69) is 23.5 Å². The molecule has 1 aromatic heterocycles. The van der Waals surface area contributed by atoms with Crippen molar-refractivity contribution >= 4 is 40.6 Å². The smallest absolute Gasteiger partial charge is 0.273 e. The van der Waals surface area contributed by atoms with E-state index in [0.29, 0.717) is 23.7 Å². The van der Waals surface area contributed by atoms with Crippen molar-refractivity contribution < 1.29 is 19.5 Å². The van der Waals surface area contributed by atoms with Gasteiger partial charge in [0.25, 0.3) is 11.8 Å². The largest absolute Gasteiger partial charge is 0.508 e. The Kier molecular flexibility index (Phi) is 8.31. The molecule has 3 amide bonds. The number of amides is 3. The van der Waals surface area contributed by atoms with Crippen LogP contribution in [0, 0.1) is 19.8 Å². The second kappa shape index (κ2) is 11.2. The lowest BCUT2D eigenvalue weighted by molar-refractivity contribution is -0.122. The molecule has 1 heterocycles. The molecule has 3 aromatic rings. The van der Waals surface area contributed by atoms with E-state index in [-0.39, 0.29) is 22.0 Å². The summed E-state index contributed by atoms with van der Waals surface area (Å²) in [6.45, 7) is 8.26. The average Bonchev–Trinajstić information content (AvgIpc) is 3.21. The van der Waals surface area contributed by atoms with Crippen LogP contribution in [0.25, 0.3) is 0 Å². The number of nitrogen functional groups attached to an aromatic ring is 1. The van der Waals surface area contributed by atoms with Crippen LogP contribution in [-0.2, 0) is 4.79 Å². The lowest BCUT2D eigenvalue weighted by Gasteiger charge is -2.32. The number of benzene rings is 2. The zero-order chi connectivity index (χ0) is 26.6. The van der Waals surface area contributed by atoms with Crippen molar-refractivity contribution in [3.8, 4) is 5.75 Å². The summed E-state index contributed by atoms with van der Waals surface area (Å²) in [5, 5.41) is 12.8. The highest BCUT2D eigenvalue weighted by molar-refractivity contribution is 7.09. The Morgan fingerprint density at radius 3 is 2.36 bits per heavy atom. The van der Waals surface area contributed by atoms with Gasteiger partial charge in [-0.2, -0.15) is 4.37 Å². The fourth-order valence-electron chi connectivity index (χ4n) is 3.74. The average molecular weight is 510 g/mol. The SMILES string of the molecule is Cc1ccc(C)c(N(C(=O)c2snc(C(N)=O)c2N)C(C(=O)NCCC(C)C)c2ccc(O)cc2)c1. The number of carbonyl (C=O) groups is 3. The van der Waals surface area contributed by atoms with Crippen molar-refractivity contribution in [2.45, 2.75) is 40.2 Å². The monoisotopic (exact) mass is 509 g/mol. The van der Waals surface area contributed by atoms with Gasteiger partial charge in [-0.1, -0.05) is 38.1 Å². The number of hydrogen-bond acceptors (Lipinski definition) is 7. The molecular weight excluding hydrogens is 478 g/mol. The third-order valence-electron chi connectivity index (χ3n) is 5.73. The topological polar surface area (TPSA) is 152 Å². The minimum Gasteiger partial charge on any atom is -0.508 e. The highest BCUT2D eigenvalue weighted by Gasteiger charge is 2.36. The van der Waals surface area contributed by atoms with Gasteiger partial charge >= 0.3 is 0 Å². The molecule has 1 atom stereocenters. The van der Waals surface area contributed by atoms with Gasteiger partial charge in [-0.25, -0.2) is 0 Å². The number of aromatic hydroxyl groups is 1. The first-order chi connectivity index (χ1) is 17.0. The Labute approximate surface area is 214 Å². The molecule has 0 aliphatic rings. The Bertz CT molecular complexity index is 1270. The fraction of sp³-hybridized carbons (Fsp3) is 0.308. The van der Waals surface area contributed by atoms with E-state index in [1.54, 1.807) is 12.1 Å². The molecule has 0 spiro atoms. The highest BCUT2D eigenvalue weighted by atomic mass is 32.1. The van der Waals surface area contributed by atoms with Crippen molar-refractivity contribution in [3.05, 3.63) is 69.7 Å². The number of carbonyl (C=O) groups excluding carboxylic acids is 3. The maximum absolute atomic E-state index is 14.1. The number of aromatic nitrogens is 1. The summed E-state index contributed by atoms with van der Waals surface area (Å²) < 4.78 is 3.97. The first kappa shape index (κ1) is 26.7. The molecule has 6 N–H and O–H groups in total. The van der Waals surface area contributed by atoms with Crippen LogP contribution in [0.1, 0.15) is 63.2 Å². The predicted octanol–water partition coefficient (Wildman–Crippen LogP) is 3.70. The van der Waals surface area contributed by atoms with Gasteiger partial charge in [0.1, 0.15) is 16.7 Å². The summed E-state index contributed by atoms with van der Waals surface area (Å²) in [5.41, 5.74) is 13.8. The molecular formula is C26H31N5O4S. The molecule has 0 fully saturated rings. The van der Waals surface area contributed by atoms with Crippen molar-refractivity contribution in [1.29, 1.82) is 0 Å². The normalized spacial score (nSPS) is 11.8. The predicted molar refractivity (Wildman–Crippen MR) is 141 cm³/mol. The van der Waals surface area contributed by atoms with Gasteiger partial charge in [0.05, 0.1) is 5.69 Å². The van der Waals surface area contributed by atoms with Crippen molar-refractivity contribution in [1.82, 2.24) is 9.69 Å². The maximum Gasteiger partial charge on any atom is 0.273 e. The number of anilines is 2. The summed E-state index contributed by atoms with van der Waals surface area (Å²) in [5.74, 6) is -1.43. The minimum atomic E-state index is -1.09. The molecule has 36 heavy (non-hydrogen) atoms. The van der Waals surface area contributed by atoms with Gasteiger partial charge in [-0.3, -0.25) is 19.3 Å². The number of nitrogens with zero attached hydrogens (tertiary/aromatic N) is 2. The number of primary amides is 1. The van der Waals surface area contributed by atoms with Crippen LogP contribution in [0.2, 0.25) is 0 Å². The summed E-state index contributed by atoms with van der Waals surface area (Å²) in [4.78, 5) is 40.8. The Balaban J connectivity index is 2.21. The molecule has 0 aliphatic carbocycles. The molecule has 190 valence electrons. The van der Waals surface area contributed by atoms with Crippen molar-refractivity contribution in [2.75, 3.05) is 17.2 Å². The van der Waals surface area contributed by atoms with E-state index in [1.807, 2.05) is 32.0 Å². The summed E-state index contributed by atoms with van der Waals surface area (Å²) in [7, 11) is 0. The third-order valence-corrected chi connectivity index (χ3v) is 6.59. The zero-order valence-corrected chi connectivity index (χ0v) is 21.6. The molecule has 1 unspecified atom stereocenters. The van der Waals surface area contributed by atoms with Crippen molar-refractivity contribution in [3.63, 3.8) is 0 Å². The Morgan fingerprint density at radius 1 is 1.11 bits per heavy atom. The summed E-state index contributed by atoms with van der Waals surface area (Å²) in [6.07, 6.45) is 0.759. The van der Waals surface area contributed by atoms with Crippen LogP contribution < -0.4 is 21.7 Å². The second-order valence-corrected chi connectivity index (χ2v) is 9.84. The van der Waals surface area contributed by atoms with Gasteiger partial charge in [-0.05, 0) is 72.6 Å². The third kappa shape index (κ3) is 5.83. The molecule has 2 aromatic carbocycles. The van der Waals surface area contributed by atoms with E-state index in [4.69, 9.17) is 11.5 Å². The molecule has 10 heteroatoms. The summed E-state index contributed by atoms with van der Waals surface area (Å²) >= 11 is 0.755. The molecule has 0 bridgehead atoms. The molecule has 0 saturated carbocycles. The molecule has 0 saturated heterocycles. The highest BCUT2D eigenvalue weighted by Crippen LogP contribution is 2.35. The van der Waals surface area contributed by atoms with Gasteiger partial charge < -0.3 is 21.9 Å². The number of phenolic OH excluding ortho intramolecular Hbond substituents is 1. The number of phenols is 1. The van der Waals surface area contributed by atoms with Gasteiger partial charge in [0.2, 0.25) is 5.91 Å². The number of hydrogen-bond donors (Lipinski definition) is 4. The van der Waals surface area contributed by atoms with Crippen LogP contribution >= 0.6 is 11.5 Å². The van der Waals surface area contributed by atoms with Gasteiger partial charge in [0, 0.05) is 12.2 Å². The standard InChI is InChI=1S/C26H31N5O4S/c1-14(2)11-12-29-25(34)22(17-7-9-18(32)10-8-17)31(19-13-15(3)5-6-16(19)4)26(35)23-20(27)21(24(28)33)30-36-23/h5-10,13-14,22,32H,11-12,27H2,1-4H3,(H2,28,33)(H,29,34). The summed E-state index contributed by atoms with van der Waals surface area (Å²) in [6, 6.07) is 10.6. The van der Waals surface area contributed by atoms with Gasteiger partial charge in [-0.15, -0.1) is 0 Å². The van der Waals surface area contributed by atoms with E-state index < -0.39 is 23.8 Å². The molecule has 9 nitrogen and oxygen atoms in total. The van der Waals surface area contributed by atoms with Crippen LogP contribution in [-0.4, -0.2) is 33.7 Å². The Morgan fingerprint density at radius 2 is 1.78 bits per heavy atom. The van der Waals surface area contributed by atoms with E-state index in [9.17, 15) is 19.5 Å². The van der Waals surface area contributed by atoms with E-state index >= 15 is 0 Å². The Hall–Kier alpha value is -3.92. The van der Waals surface area contributed by atoms with Crippen LogP contribution in [0.4, 0.5) is 11.4 Å². The van der Waals surface area contributed by atoms with Gasteiger partial charge in [0.15, 0.2) is 5.69 Å². The minimum absolute atomic E-state index is 0.00321. The number of nitrogens with one attached hydrogen (secondary N) is 1. The van der Waals surface area contributed by atoms with E-state index in [1.165, 1.54) is 17.0 Å². The lowest BCUT2D eigenvalue weighted by atomic mass is 10.00. The second-order valence-electron chi connectivity index (χ2n) is 9.07. The molecule has 0 radical (unpaired) electrons. The lowest BCUT2D eigenvalue weighted by Crippen LogP contribution is -2.44. The number of nitrogens with two attached hydrogens (primary N) is 2. The maximum atomic E-state index is 14.1. The number of rotatable bonds is 9. The zero-order valence-electron chi connectivity index (χ0n) is 20.7. The van der Waals surface area contributed by atoms with Crippen LogP contribution in [0.3, 0.4) is 0 Å². The van der Waals surface area contributed by atoms with Crippen LogP contribution in [0.5, 0.6) is 5.75 Å². The first-order valence-electron chi connectivity index (χ1n) is 11.5. The van der Waals surface area contributed by atoms with Crippen LogP contribution in [0.15, 0.2) is 42.5 Å². The quantitative estimate of drug-likeness (QED) is 0.345. The molecule has 3 rings (SSSR count). The first-order valence-corrected chi connectivity index (χ1v) is 12.3. The van der Waals surface area contributed by atoms with E-state index in [0.717, 1.165) is 29.1 Å².